The first-order valence-electron chi connectivity index (χ1n) is 12.0. The van der Waals surface area contributed by atoms with Gasteiger partial charge in [-0.15, -0.1) is 0 Å². The number of pyridine rings is 1. The van der Waals surface area contributed by atoms with Gasteiger partial charge >= 0.3 is 0 Å². The number of H-pyrrole nitrogens is 1. The van der Waals surface area contributed by atoms with Crippen molar-refractivity contribution < 1.29 is 4.79 Å². The van der Waals surface area contributed by atoms with Gasteiger partial charge in [0.15, 0.2) is 0 Å². The van der Waals surface area contributed by atoms with E-state index < -0.39 is 0 Å². The molecular weight excluding hydrogens is 506 g/mol. The van der Waals surface area contributed by atoms with Crippen LogP contribution in [0.25, 0.3) is 11.0 Å². The summed E-state index contributed by atoms with van der Waals surface area (Å²) in [6, 6.07) is 12.6. The average molecular weight is 534 g/mol. The molecule has 1 aliphatic carbocycles. The van der Waals surface area contributed by atoms with Crippen molar-refractivity contribution >= 4 is 32.9 Å². The van der Waals surface area contributed by atoms with E-state index in [2.05, 4.69) is 53.2 Å². The van der Waals surface area contributed by atoms with Gasteiger partial charge in [0.05, 0.1) is 41.7 Å². The Kier molecular flexibility index (Phi) is 7.44. The number of imidazole rings is 1. The molecule has 1 amide bonds. The van der Waals surface area contributed by atoms with Gasteiger partial charge in [0, 0.05) is 12.7 Å². The van der Waals surface area contributed by atoms with Gasteiger partial charge < -0.3 is 10.3 Å². The third kappa shape index (κ3) is 5.74. The summed E-state index contributed by atoms with van der Waals surface area (Å²) in [6.45, 7) is 2.21. The van der Waals surface area contributed by atoms with Gasteiger partial charge in [-0.1, -0.05) is 18.2 Å². The minimum atomic E-state index is -0.205. The number of carbonyl (C=O) groups is 1. The monoisotopic (exact) mass is 533 g/mol. The SMILES string of the molecule is O=C(NCCCCN(Cc1nc2ccccc2[nH]1)C1CCCc2cccnc21)c1cncc(Br)n1. The van der Waals surface area contributed by atoms with E-state index in [1.54, 1.807) is 6.20 Å². The summed E-state index contributed by atoms with van der Waals surface area (Å²) >= 11 is 3.26. The highest BCUT2D eigenvalue weighted by Gasteiger charge is 2.27. The van der Waals surface area contributed by atoms with Gasteiger partial charge in [-0.05, 0) is 78.3 Å². The van der Waals surface area contributed by atoms with Crippen LogP contribution < -0.4 is 5.32 Å². The maximum absolute atomic E-state index is 12.3. The van der Waals surface area contributed by atoms with Crippen molar-refractivity contribution in [2.24, 2.45) is 0 Å². The predicted molar refractivity (Wildman–Crippen MR) is 138 cm³/mol. The van der Waals surface area contributed by atoms with Gasteiger partial charge in [0.2, 0.25) is 0 Å². The molecule has 0 saturated heterocycles. The zero-order valence-corrected chi connectivity index (χ0v) is 21.0. The van der Waals surface area contributed by atoms with Crippen LogP contribution in [0.2, 0.25) is 0 Å². The zero-order valence-electron chi connectivity index (χ0n) is 19.5. The number of hydrogen-bond donors (Lipinski definition) is 2. The Morgan fingerprint density at radius 2 is 2.06 bits per heavy atom. The van der Waals surface area contributed by atoms with E-state index in [1.165, 1.54) is 17.5 Å². The minimum absolute atomic E-state index is 0.205. The molecule has 0 spiro atoms. The molecule has 0 saturated carbocycles. The van der Waals surface area contributed by atoms with Crippen LogP contribution in [0.5, 0.6) is 0 Å². The first kappa shape index (κ1) is 23.6. The van der Waals surface area contributed by atoms with E-state index in [-0.39, 0.29) is 11.9 Å². The van der Waals surface area contributed by atoms with Crippen molar-refractivity contribution in [1.29, 1.82) is 0 Å². The topological polar surface area (TPSA) is 99.7 Å². The van der Waals surface area contributed by atoms with Crippen LogP contribution in [-0.4, -0.2) is 48.8 Å². The summed E-state index contributed by atoms with van der Waals surface area (Å²) in [6.07, 6.45) is 10.1. The largest absolute Gasteiger partial charge is 0.351 e. The van der Waals surface area contributed by atoms with Crippen molar-refractivity contribution in [1.82, 2.24) is 35.1 Å². The molecule has 1 unspecified atom stereocenters. The Morgan fingerprint density at radius 1 is 1.14 bits per heavy atom. The normalized spacial score (nSPS) is 15.3. The zero-order chi connectivity index (χ0) is 24.0. The molecule has 1 aliphatic rings. The molecule has 0 fully saturated rings. The molecule has 3 heterocycles. The van der Waals surface area contributed by atoms with Gasteiger partial charge in [0.25, 0.3) is 5.91 Å². The Morgan fingerprint density at radius 3 is 2.94 bits per heavy atom. The quantitative estimate of drug-likeness (QED) is 0.305. The second-order valence-corrected chi connectivity index (χ2v) is 9.63. The number of aromatic amines is 1. The summed E-state index contributed by atoms with van der Waals surface area (Å²) in [5.41, 5.74) is 4.90. The molecule has 180 valence electrons. The number of rotatable bonds is 9. The van der Waals surface area contributed by atoms with E-state index in [0.717, 1.165) is 62.1 Å². The molecule has 1 atom stereocenters. The van der Waals surface area contributed by atoms with Crippen LogP contribution in [0, 0.1) is 0 Å². The molecule has 0 aliphatic heterocycles. The standard InChI is InChI=1S/C26H28BrN7O/c27-23-16-28-15-21(31-23)26(35)30-12-3-4-14-34(17-24-32-19-9-1-2-10-20(19)33-24)22-11-5-7-18-8-6-13-29-25(18)22/h1-2,6,8-10,13,15-16,22H,3-5,7,11-12,14,17H2,(H,30,35)(H,32,33). The Bertz CT molecular complexity index is 1270. The van der Waals surface area contributed by atoms with Crippen LogP contribution in [0.15, 0.2) is 59.6 Å². The molecule has 2 N–H and O–H groups in total. The number of fused-ring (bicyclic) bond motifs is 2. The lowest BCUT2D eigenvalue weighted by molar-refractivity contribution is 0.0946. The van der Waals surface area contributed by atoms with Crippen molar-refractivity contribution in [2.75, 3.05) is 13.1 Å². The second-order valence-electron chi connectivity index (χ2n) is 8.82. The predicted octanol–water partition coefficient (Wildman–Crippen LogP) is 4.60. The summed E-state index contributed by atoms with van der Waals surface area (Å²) < 4.78 is 0.549. The second kappa shape index (κ2) is 11.0. The first-order valence-corrected chi connectivity index (χ1v) is 12.8. The molecule has 8 nitrogen and oxygen atoms in total. The highest BCUT2D eigenvalue weighted by Crippen LogP contribution is 2.33. The van der Waals surface area contributed by atoms with Gasteiger partial charge in [-0.2, -0.15) is 0 Å². The lowest BCUT2D eigenvalue weighted by atomic mass is 9.90. The minimum Gasteiger partial charge on any atom is -0.351 e. The van der Waals surface area contributed by atoms with Crippen LogP contribution in [0.4, 0.5) is 0 Å². The first-order chi connectivity index (χ1) is 17.2. The van der Waals surface area contributed by atoms with Gasteiger partial charge in [0.1, 0.15) is 16.1 Å². The van der Waals surface area contributed by atoms with E-state index >= 15 is 0 Å². The number of carbonyl (C=O) groups excluding carboxylic acids is 1. The molecule has 3 aromatic heterocycles. The summed E-state index contributed by atoms with van der Waals surface area (Å²) in [5, 5.41) is 2.95. The maximum Gasteiger partial charge on any atom is 0.271 e. The van der Waals surface area contributed by atoms with Crippen molar-refractivity contribution in [3.63, 3.8) is 0 Å². The van der Waals surface area contributed by atoms with Crippen molar-refractivity contribution in [3.8, 4) is 0 Å². The maximum atomic E-state index is 12.3. The van der Waals surface area contributed by atoms with E-state index in [4.69, 9.17) is 9.97 Å². The number of halogens is 1. The number of nitrogens with one attached hydrogen (secondary N) is 2. The highest BCUT2D eigenvalue weighted by atomic mass is 79.9. The van der Waals surface area contributed by atoms with Crippen LogP contribution in [-0.2, 0) is 13.0 Å². The molecular formula is C26H28BrN7O. The van der Waals surface area contributed by atoms with E-state index in [1.807, 2.05) is 30.5 Å². The summed E-state index contributed by atoms with van der Waals surface area (Å²) in [5.74, 6) is 0.763. The molecule has 5 rings (SSSR count). The van der Waals surface area contributed by atoms with Crippen LogP contribution >= 0.6 is 15.9 Å². The smallest absolute Gasteiger partial charge is 0.271 e. The molecule has 1 aromatic carbocycles. The third-order valence-corrected chi connectivity index (χ3v) is 6.77. The molecule has 35 heavy (non-hydrogen) atoms. The van der Waals surface area contributed by atoms with Crippen LogP contribution in [0.3, 0.4) is 0 Å². The lowest BCUT2D eigenvalue weighted by Gasteiger charge is -2.34. The summed E-state index contributed by atoms with van der Waals surface area (Å²) in [4.78, 5) is 36.1. The number of nitrogens with zero attached hydrogens (tertiary/aromatic N) is 5. The van der Waals surface area contributed by atoms with E-state index in [0.29, 0.717) is 16.8 Å². The van der Waals surface area contributed by atoms with Crippen molar-refractivity contribution in [3.05, 3.63) is 82.4 Å². The molecule has 0 bridgehead atoms. The third-order valence-electron chi connectivity index (χ3n) is 6.39. The number of aromatic nitrogens is 5. The van der Waals surface area contributed by atoms with Gasteiger partial charge in [-0.3, -0.25) is 19.7 Å². The fraction of sp³-hybridized carbons (Fsp3) is 0.346. The van der Waals surface area contributed by atoms with Gasteiger partial charge in [-0.25, -0.2) is 9.97 Å². The summed E-state index contributed by atoms with van der Waals surface area (Å²) in [7, 11) is 0. The fourth-order valence-corrected chi connectivity index (χ4v) is 5.05. The van der Waals surface area contributed by atoms with E-state index in [9.17, 15) is 4.79 Å². The number of benzene rings is 1. The highest BCUT2D eigenvalue weighted by molar-refractivity contribution is 9.10. The Labute approximate surface area is 212 Å². The number of para-hydroxylation sites is 2. The fourth-order valence-electron chi connectivity index (χ4n) is 4.74. The Hall–Kier alpha value is -3.17. The number of hydrogen-bond acceptors (Lipinski definition) is 6. The molecule has 9 heteroatoms. The number of amides is 1. The number of unbranched alkanes of at least 4 members (excludes halogenated alkanes) is 1. The Balaban J connectivity index is 1.24. The van der Waals surface area contributed by atoms with Crippen molar-refractivity contribution in [2.45, 2.75) is 44.7 Å². The molecule has 4 aromatic rings. The van der Waals surface area contributed by atoms with Crippen LogP contribution in [0.1, 0.15) is 59.3 Å². The lowest BCUT2D eigenvalue weighted by Crippen LogP contribution is -2.33. The number of aryl methyl sites for hydroxylation is 1. The average Bonchev–Trinajstić information content (AvgIpc) is 3.30. The molecule has 0 radical (unpaired) electrons.